The molecule has 0 spiro atoms. The number of benzene rings is 3. The molecule has 1 fully saturated rings. The maximum atomic E-state index is 11.6. The van der Waals surface area contributed by atoms with Crippen LogP contribution in [0.5, 0.6) is 0 Å². The number of carboxylic acid groups (broad SMARTS) is 1. The minimum atomic E-state index is -0.728. The first-order valence-corrected chi connectivity index (χ1v) is 11.6. The lowest BCUT2D eigenvalue weighted by Crippen LogP contribution is -2.19. The predicted molar refractivity (Wildman–Crippen MR) is 130 cm³/mol. The van der Waals surface area contributed by atoms with E-state index in [0.717, 1.165) is 51.3 Å². The molecule has 1 aliphatic rings. The molecular weight excluding hydrogens is 426 g/mol. The highest BCUT2D eigenvalue weighted by Crippen LogP contribution is 2.48. The van der Waals surface area contributed by atoms with Gasteiger partial charge >= 0.3 is 5.97 Å². The Bertz CT molecular complexity index is 1270. The second-order valence-corrected chi connectivity index (χ2v) is 8.91. The standard InChI is InChI=1S/C29H27NO4/c1-20-26(15-18-33-19-21-5-3-2-4-6-21)27(34-30-20)24-9-7-22(8-10-24)23-11-13-25(14-12-23)29(16-17-29)28(31)32/h2-14H,15-19H2,1H3,(H,31,32). The first kappa shape index (κ1) is 22.1. The van der Waals surface area contributed by atoms with Gasteiger partial charge in [-0.05, 0) is 42.0 Å². The van der Waals surface area contributed by atoms with Gasteiger partial charge in [-0.25, -0.2) is 0 Å². The number of nitrogens with zero attached hydrogens (tertiary/aromatic N) is 1. The third-order valence-electron chi connectivity index (χ3n) is 6.67. The van der Waals surface area contributed by atoms with Gasteiger partial charge in [-0.1, -0.05) is 84.0 Å². The van der Waals surface area contributed by atoms with Crippen molar-refractivity contribution in [1.82, 2.24) is 5.16 Å². The van der Waals surface area contributed by atoms with E-state index in [1.807, 2.05) is 61.5 Å². The van der Waals surface area contributed by atoms with E-state index >= 15 is 0 Å². The number of aliphatic carboxylic acids is 1. The maximum absolute atomic E-state index is 11.6. The summed E-state index contributed by atoms with van der Waals surface area (Å²) in [4.78, 5) is 11.6. The zero-order chi connectivity index (χ0) is 23.5. The number of hydrogen-bond acceptors (Lipinski definition) is 4. The molecule has 172 valence electrons. The van der Waals surface area contributed by atoms with Gasteiger partial charge in [0, 0.05) is 17.5 Å². The van der Waals surface area contributed by atoms with Crippen LogP contribution in [0.4, 0.5) is 0 Å². The van der Waals surface area contributed by atoms with Crippen LogP contribution >= 0.6 is 0 Å². The topological polar surface area (TPSA) is 72.6 Å². The van der Waals surface area contributed by atoms with Crippen molar-refractivity contribution < 1.29 is 19.2 Å². The summed E-state index contributed by atoms with van der Waals surface area (Å²) in [6.07, 6.45) is 2.16. The Balaban J connectivity index is 1.26. The third kappa shape index (κ3) is 4.39. The minimum Gasteiger partial charge on any atom is -0.481 e. The number of aryl methyl sites for hydroxylation is 1. The second kappa shape index (κ2) is 9.27. The number of rotatable bonds is 9. The molecule has 1 saturated carbocycles. The van der Waals surface area contributed by atoms with Gasteiger partial charge in [-0.15, -0.1) is 0 Å². The van der Waals surface area contributed by atoms with E-state index < -0.39 is 11.4 Å². The van der Waals surface area contributed by atoms with Gasteiger partial charge in [-0.2, -0.15) is 0 Å². The molecule has 4 aromatic rings. The minimum absolute atomic E-state index is 0.585. The van der Waals surface area contributed by atoms with E-state index in [1.54, 1.807) is 0 Å². The third-order valence-corrected chi connectivity index (χ3v) is 6.67. The van der Waals surface area contributed by atoms with Crippen molar-refractivity contribution in [1.29, 1.82) is 0 Å². The molecule has 0 amide bonds. The molecule has 0 atom stereocenters. The van der Waals surface area contributed by atoms with Crippen molar-refractivity contribution in [3.05, 3.63) is 101 Å². The molecule has 0 unspecified atom stereocenters. The van der Waals surface area contributed by atoms with Crippen molar-refractivity contribution in [3.63, 3.8) is 0 Å². The Morgan fingerprint density at radius 3 is 2.18 bits per heavy atom. The smallest absolute Gasteiger partial charge is 0.314 e. The van der Waals surface area contributed by atoms with Crippen LogP contribution in [0, 0.1) is 6.92 Å². The Hall–Kier alpha value is -3.70. The van der Waals surface area contributed by atoms with Crippen molar-refractivity contribution in [3.8, 4) is 22.5 Å². The molecule has 3 aromatic carbocycles. The molecular formula is C29H27NO4. The Labute approximate surface area is 199 Å². The number of carboxylic acids is 1. The van der Waals surface area contributed by atoms with E-state index in [2.05, 4.69) is 29.4 Å². The summed E-state index contributed by atoms with van der Waals surface area (Å²) in [6, 6.07) is 26.2. The van der Waals surface area contributed by atoms with Crippen molar-refractivity contribution >= 4 is 5.97 Å². The molecule has 0 aliphatic heterocycles. The second-order valence-electron chi connectivity index (χ2n) is 8.91. The molecule has 0 radical (unpaired) electrons. The maximum Gasteiger partial charge on any atom is 0.314 e. The van der Waals surface area contributed by atoms with E-state index in [-0.39, 0.29) is 0 Å². The number of hydrogen-bond donors (Lipinski definition) is 1. The summed E-state index contributed by atoms with van der Waals surface area (Å²) in [6.45, 7) is 3.13. The monoisotopic (exact) mass is 453 g/mol. The summed E-state index contributed by atoms with van der Waals surface area (Å²) in [7, 11) is 0. The van der Waals surface area contributed by atoms with Gasteiger partial charge in [0.2, 0.25) is 0 Å². The predicted octanol–water partition coefficient (Wildman–Crippen LogP) is 6.19. The molecule has 1 aromatic heterocycles. The summed E-state index contributed by atoms with van der Waals surface area (Å²) in [5.74, 6) is 0.0491. The number of ether oxygens (including phenoxy) is 1. The zero-order valence-electron chi connectivity index (χ0n) is 19.2. The van der Waals surface area contributed by atoms with E-state index in [0.29, 0.717) is 26.1 Å². The largest absolute Gasteiger partial charge is 0.481 e. The van der Waals surface area contributed by atoms with Crippen LogP contribution in [-0.4, -0.2) is 22.8 Å². The van der Waals surface area contributed by atoms with Crippen molar-refractivity contribution in [2.75, 3.05) is 6.61 Å². The fourth-order valence-corrected chi connectivity index (χ4v) is 4.40. The SMILES string of the molecule is Cc1noc(-c2ccc(-c3ccc(C4(C(=O)O)CC4)cc3)cc2)c1CCOCc1ccccc1. The number of aromatic nitrogens is 1. The molecule has 34 heavy (non-hydrogen) atoms. The molecule has 5 rings (SSSR count). The van der Waals surface area contributed by atoms with Crippen LogP contribution in [0.3, 0.4) is 0 Å². The molecule has 1 N–H and O–H groups in total. The van der Waals surface area contributed by atoms with E-state index in [9.17, 15) is 9.90 Å². The fourth-order valence-electron chi connectivity index (χ4n) is 4.40. The van der Waals surface area contributed by atoms with Gasteiger partial charge in [-0.3, -0.25) is 4.79 Å². The quantitative estimate of drug-likeness (QED) is 0.306. The highest BCUT2D eigenvalue weighted by atomic mass is 16.5. The van der Waals surface area contributed by atoms with Crippen LogP contribution in [0.2, 0.25) is 0 Å². The van der Waals surface area contributed by atoms with Crippen LogP contribution in [0.25, 0.3) is 22.5 Å². The highest BCUT2D eigenvalue weighted by Gasteiger charge is 2.51. The molecule has 0 bridgehead atoms. The lowest BCUT2D eigenvalue weighted by Gasteiger charge is -2.11. The summed E-state index contributed by atoms with van der Waals surface area (Å²) < 4.78 is 11.5. The average molecular weight is 454 g/mol. The first-order chi connectivity index (χ1) is 16.6. The average Bonchev–Trinajstić information content (AvgIpc) is 3.61. The van der Waals surface area contributed by atoms with E-state index in [4.69, 9.17) is 9.26 Å². The Kier molecular flexibility index (Phi) is 6.03. The lowest BCUT2D eigenvalue weighted by atomic mass is 9.93. The van der Waals surface area contributed by atoms with Crippen LogP contribution in [0.1, 0.15) is 35.2 Å². The fraction of sp³-hybridized carbons (Fsp3) is 0.241. The summed E-state index contributed by atoms with van der Waals surface area (Å²) >= 11 is 0. The van der Waals surface area contributed by atoms with Gasteiger partial charge in [0.15, 0.2) is 5.76 Å². The number of carbonyl (C=O) groups is 1. The normalized spacial score (nSPS) is 14.1. The molecule has 1 aliphatic carbocycles. The van der Waals surface area contributed by atoms with Crippen LogP contribution < -0.4 is 0 Å². The Morgan fingerprint density at radius 2 is 1.56 bits per heavy atom. The molecule has 5 nitrogen and oxygen atoms in total. The van der Waals surface area contributed by atoms with Gasteiger partial charge < -0.3 is 14.4 Å². The van der Waals surface area contributed by atoms with Gasteiger partial charge in [0.25, 0.3) is 0 Å². The van der Waals surface area contributed by atoms with Gasteiger partial charge in [0.1, 0.15) is 0 Å². The van der Waals surface area contributed by atoms with Crippen molar-refractivity contribution in [2.24, 2.45) is 0 Å². The van der Waals surface area contributed by atoms with Gasteiger partial charge in [0.05, 0.1) is 24.3 Å². The summed E-state index contributed by atoms with van der Waals surface area (Å²) in [5.41, 5.74) is 6.41. The zero-order valence-corrected chi connectivity index (χ0v) is 19.2. The van der Waals surface area contributed by atoms with Crippen LogP contribution in [0.15, 0.2) is 83.4 Å². The van der Waals surface area contributed by atoms with Crippen molar-refractivity contribution in [2.45, 2.75) is 38.2 Å². The van der Waals surface area contributed by atoms with Crippen LogP contribution in [-0.2, 0) is 28.0 Å². The molecule has 0 saturated heterocycles. The summed E-state index contributed by atoms with van der Waals surface area (Å²) in [5, 5.41) is 13.7. The lowest BCUT2D eigenvalue weighted by molar-refractivity contribution is -0.140. The highest BCUT2D eigenvalue weighted by molar-refractivity contribution is 5.85. The molecule has 5 heteroatoms. The Morgan fingerprint density at radius 1 is 0.941 bits per heavy atom. The molecule has 1 heterocycles. The van der Waals surface area contributed by atoms with E-state index in [1.165, 1.54) is 0 Å². The first-order valence-electron chi connectivity index (χ1n) is 11.6.